The molecule has 0 aliphatic carbocycles. The largest absolute Gasteiger partial charge is 0.466 e. The summed E-state index contributed by atoms with van der Waals surface area (Å²) in [6.45, 7) is 1.79. The predicted molar refractivity (Wildman–Crippen MR) is 64.2 cm³/mol. The lowest BCUT2D eigenvalue weighted by Gasteiger charge is -2.12. The summed E-state index contributed by atoms with van der Waals surface area (Å²) in [5.74, 6) is -0.592. The third kappa shape index (κ3) is 3.70. The number of hydrogen-bond acceptors (Lipinski definition) is 3. The Morgan fingerprint density at radius 1 is 1.47 bits per heavy atom. The highest BCUT2D eigenvalue weighted by Gasteiger charge is 2.34. The van der Waals surface area contributed by atoms with E-state index < -0.39 is 17.7 Å². The summed E-state index contributed by atoms with van der Waals surface area (Å²) in [5.41, 5.74) is -0.958. The standard InChI is InChI=1S/C12H9BrF3NO2/c1-2-19-10(18)5-7-3-4-9(12(14,15)16)11(13)8(7)6-17/h3-4H,2,5H2,1H3. The number of halogens is 4. The molecule has 1 rings (SSSR count). The van der Waals surface area contributed by atoms with Crippen LogP contribution in [0.2, 0.25) is 0 Å². The van der Waals surface area contributed by atoms with Crippen LogP contribution < -0.4 is 0 Å². The summed E-state index contributed by atoms with van der Waals surface area (Å²) in [4.78, 5) is 11.3. The summed E-state index contributed by atoms with van der Waals surface area (Å²) >= 11 is 2.76. The van der Waals surface area contributed by atoms with Gasteiger partial charge in [-0.25, -0.2) is 0 Å². The van der Waals surface area contributed by atoms with Gasteiger partial charge in [0.1, 0.15) is 6.07 Å². The SMILES string of the molecule is CCOC(=O)Cc1ccc(C(F)(F)F)c(Br)c1C#N. The van der Waals surface area contributed by atoms with Crippen LogP contribution in [0.3, 0.4) is 0 Å². The van der Waals surface area contributed by atoms with Gasteiger partial charge >= 0.3 is 12.1 Å². The summed E-state index contributed by atoms with van der Waals surface area (Å²) in [6.07, 6.45) is -4.81. The van der Waals surface area contributed by atoms with Crippen molar-refractivity contribution in [1.29, 1.82) is 5.26 Å². The zero-order chi connectivity index (χ0) is 14.6. The fraction of sp³-hybridized carbons (Fsp3) is 0.333. The smallest absolute Gasteiger partial charge is 0.417 e. The maximum atomic E-state index is 12.6. The van der Waals surface area contributed by atoms with E-state index in [9.17, 15) is 18.0 Å². The minimum absolute atomic E-state index is 0.169. The average Bonchev–Trinajstić information content (AvgIpc) is 2.27. The van der Waals surface area contributed by atoms with Gasteiger partial charge in [-0.15, -0.1) is 0 Å². The molecule has 0 unspecified atom stereocenters. The second-order valence-electron chi connectivity index (χ2n) is 3.55. The summed E-state index contributed by atoms with van der Waals surface area (Å²) in [6, 6.07) is 3.62. The van der Waals surface area contributed by atoms with Crippen LogP contribution in [0.15, 0.2) is 16.6 Å². The number of esters is 1. The van der Waals surface area contributed by atoms with Gasteiger partial charge in [-0.2, -0.15) is 18.4 Å². The fourth-order valence-electron chi connectivity index (χ4n) is 1.47. The molecule has 0 saturated heterocycles. The van der Waals surface area contributed by atoms with Crippen LogP contribution in [0.1, 0.15) is 23.6 Å². The summed E-state index contributed by atoms with van der Waals surface area (Å²) < 4.78 is 42.3. The number of ether oxygens (including phenoxy) is 1. The molecule has 3 nitrogen and oxygen atoms in total. The first-order chi connectivity index (χ1) is 8.81. The molecule has 0 spiro atoms. The topological polar surface area (TPSA) is 50.1 Å². The molecule has 0 bridgehead atoms. The summed E-state index contributed by atoms with van der Waals surface area (Å²) in [5, 5.41) is 8.93. The van der Waals surface area contributed by atoms with E-state index in [-0.39, 0.29) is 28.6 Å². The molecule has 0 saturated carbocycles. The zero-order valence-corrected chi connectivity index (χ0v) is 11.4. The third-order valence-corrected chi connectivity index (χ3v) is 3.11. The van der Waals surface area contributed by atoms with E-state index in [4.69, 9.17) is 10.00 Å². The first kappa shape index (κ1) is 15.5. The van der Waals surface area contributed by atoms with Gasteiger partial charge in [0.25, 0.3) is 0 Å². The van der Waals surface area contributed by atoms with Crippen LogP contribution in [0, 0.1) is 11.3 Å². The van der Waals surface area contributed by atoms with Gasteiger partial charge in [-0.05, 0) is 34.5 Å². The molecule has 19 heavy (non-hydrogen) atoms. The molecule has 102 valence electrons. The lowest BCUT2D eigenvalue weighted by atomic mass is 10.0. The highest BCUT2D eigenvalue weighted by Crippen LogP contribution is 2.37. The van der Waals surface area contributed by atoms with Gasteiger partial charge < -0.3 is 4.74 Å². The Morgan fingerprint density at radius 3 is 2.58 bits per heavy atom. The molecule has 0 aromatic heterocycles. The van der Waals surface area contributed by atoms with E-state index in [1.165, 1.54) is 0 Å². The Kier molecular flexibility index (Phi) is 4.95. The van der Waals surface area contributed by atoms with Crippen LogP contribution in [0.25, 0.3) is 0 Å². The monoisotopic (exact) mass is 335 g/mol. The Labute approximate surface area is 116 Å². The van der Waals surface area contributed by atoms with E-state index in [1.54, 1.807) is 13.0 Å². The van der Waals surface area contributed by atoms with Crippen molar-refractivity contribution in [3.63, 3.8) is 0 Å². The summed E-state index contributed by atoms with van der Waals surface area (Å²) in [7, 11) is 0. The fourth-order valence-corrected chi connectivity index (χ4v) is 2.17. The molecule has 1 aromatic rings. The second-order valence-corrected chi connectivity index (χ2v) is 4.35. The van der Waals surface area contributed by atoms with E-state index in [1.807, 2.05) is 0 Å². The van der Waals surface area contributed by atoms with E-state index in [0.717, 1.165) is 12.1 Å². The van der Waals surface area contributed by atoms with Crippen molar-refractivity contribution in [2.45, 2.75) is 19.5 Å². The second kappa shape index (κ2) is 6.06. The van der Waals surface area contributed by atoms with Crippen molar-refractivity contribution < 1.29 is 22.7 Å². The van der Waals surface area contributed by atoms with Crippen molar-refractivity contribution in [3.8, 4) is 6.07 Å². The van der Waals surface area contributed by atoms with Crippen molar-refractivity contribution in [3.05, 3.63) is 33.3 Å². The Bertz CT molecular complexity index is 535. The van der Waals surface area contributed by atoms with Crippen LogP contribution in [0.5, 0.6) is 0 Å². The van der Waals surface area contributed by atoms with Crippen molar-refractivity contribution in [2.24, 2.45) is 0 Å². The normalized spacial score (nSPS) is 10.9. The molecule has 0 amide bonds. The first-order valence-corrected chi connectivity index (χ1v) is 6.04. The first-order valence-electron chi connectivity index (χ1n) is 5.25. The van der Waals surface area contributed by atoms with E-state index >= 15 is 0 Å². The van der Waals surface area contributed by atoms with Crippen LogP contribution >= 0.6 is 15.9 Å². The molecule has 0 heterocycles. The lowest BCUT2D eigenvalue weighted by molar-refractivity contribution is -0.142. The minimum atomic E-state index is -4.56. The van der Waals surface area contributed by atoms with E-state index in [0.29, 0.717) is 0 Å². The minimum Gasteiger partial charge on any atom is -0.466 e. The number of carbonyl (C=O) groups is 1. The Hall–Kier alpha value is -1.55. The molecule has 0 aliphatic heterocycles. The van der Waals surface area contributed by atoms with Crippen molar-refractivity contribution in [1.82, 2.24) is 0 Å². The zero-order valence-electron chi connectivity index (χ0n) is 9.84. The number of carbonyl (C=O) groups excluding carboxylic acids is 1. The quantitative estimate of drug-likeness (QED) is 0.795. The van der Waals surface area contributed by atoms with Crippen molar-refractivity contribution >= 4 is 21.9 Å². The highest BCUT2D eigenvalue weighted by molar-refractivity contribution is 9.10. The molecule has 0 aliphatic rings. The number of benzene rings is 1. The van der Waals surface area contributed by atoms with Crippen molar-refractivity contribution in [2.75, 3.05) is 6.61 Å². The van der Waals surface area contributed by atoms with Crippen LogP contribution in [-0.4, -0.2) is 12.6 Å². The molecule has 0 atom stereocenters. The third-order valence-electron chi connectivity index (χ3n) is 2.29. The molecule has 0 fully saturated rings. The van der Waals surface area contributed by atoms with Crippen LogP contribution in [-0.2, 0) is 22.1 Å². The average molecular weight is 336 g/mol. The number of nitrogens with zero attached hydrogens (tertiary/aromatic N) is 1. The maximum Gasteiger partial charge on any atom is 0.417 e. The number of hydrogen-bond donors (Lipinski definition) is 0. The van der Waals surface area contributed by atoms with Gasteiger partial charge in [-0.3, -0.25) is 4.79 Å². The molecule has 1 aromatic carbocycles. The molecule has 0 N–H and O–H groups in total. The molecule has 7 heteroatoms. The number of alkyl halides is 3. The van der Waals surface area contributed by atoms with Gasteiger partial charge in [-0.1, -0.05) is 6.07 Å². The Balaban J connectivity index is 3.21. The molecular weight excluding hydrogens is 327 g/mol. The van der Waals surface area contributed by atoms with Gasteiger partial charge in [0.05, 0.1) is 24.2 Å². The highest BCUT2D eigenvalue weighted by atomic mass is 79.9. The molecule has 0 radical (unpaired) electrons. The van der Waals surface area contributed by atoms with Gasteiger partial charge in [0.15, 0.2) is 0 Å². The van der Waals surface area contributed by atoms with Gasteiger partial charge in [0, 0.05) is 4.47 Å². The maximum absolute atomic E-state index is 12.6. The number of rotatable bonds is 3. The van der Waals surface area contributed by atoms with Crippen LogP contribution in [0.4, 0.5) is 13.2 Å². The Morgan fingerprint density at radius 2 is 2.11 bits per heavy atom. The predicted octanol–water partition coefficient (Wildman–Crippen LogP) is 3.45. The number of nitriles is 1. The lowest BCUT2D eigenvalue weighted by Crippen LogP contribution is -2.12. The van der Waals surface area contributed by atoms with Gasteiger partial charge in [0.2, 0.25) is 0 Å². The molecular formula is C12H9BrF3NO2. The van der Waals surface area contributed by atoms with E-state index in [2.05, 4.69) is 15.9 Å².